The highest BCUT2D eigenvalue weighted by Gasteiger charge is 2.16. The van der Waals surface area contributed by atoms with Crippen molar-refractivity contribution >= 4 is 11.9 Å². The van der Waals surface area contributed by atoms with Gasteiger partial charge < -0.3 is 14.6 Å². The monoisotopic (exact) mass is 709 g/mol. The first-order chi connectivity index (χ1) is 24.6. The van der Waals surface area contributed by atoms with E-state index in [2.05, 4.69) is 13.8 Å². The maximum Gasteiger partial charge on any atom is 0.306 e. The molecule has 0 amide bonds. The van der Waals surface area contributed by atoms with Crippen molar-refractivity contribution in [3.63, 3.8) is 0 Å². The Bertz CT molecular complexity index is 680. The Labute approximate surface area is 312 Å². The first-order valence-corrected chi connectivity index (χ1v) is 22.6. The minimum Gasteiger partial charge on any atom is -0.462 e. The van der Waals surface area contributed by atoms with Crippen LogP contribution < -0.4 is 0 Å². The normalized spacial score (nSPS) is 12.0. The van der Waals surface area contributed by atoms with Crippen LogP contribution in [0.5, 0.6) is 0 Å². The quantitative estimate of drug-likeness (QED) is 0.0505. The van der Waals surface area contributed by atoms with E-state index in [4.69, 9.17) is 9.47 Å². The highest BCUT2D eigenvalue weighted by molar-refractivity contribution is 5.70. The van der Waals surface area contributed by atoms with E-state index in [-0.39, 0.29) is 25.2 Å². The average Bonchev–Trinajstić information content (AvgIpc) is 3.12. The van der Waals surface area contributed by atoms with Gasteiger partial charge in [0.2, 0.25) is 0 Å². The maximum atomic E-state index is 12.1. The van der Waals surface area contributed by atoms with E-state index in [1.54, 1.807) is 0 Å². The first-order valence-electron chi connectivity index (χ1n) is 22.6. The molecule has 0 aromatic carbocycles. The van der Waals surface area contributed by atoms with Gasteiger partial charge in [-0.25, -0.2) is 0 Å². The second kappa shape index (κ2) is 42.3. The Morgan fingerprint density at radius 1 is 0.380 bits per heavy atom. The summed E-state index contributed by atoms with van der Waals surface area (Å²) in [7, 11) is 0. The third kappa shape index (κ3) is 39.7. The molecule has 0 aliphatic rings. The summed E-state index contributed by atoms with van der Waals surface area (Å²) in [5.74, 6) is -0.586. The van der Waals surface area contributed by atoms with Crippen LogP contribution in [0.1, 0.15) is 258 Å². The zero-order chi connectivity index (χ0) is 36.4. The number of aliphatic hydroxyl groups excluding tert-OH is 1. The molecule has 5 heteroatoms. The van der Waals surface area contributed by atoms with Crippen LogP contribution in [0.4, 0.5) is 0 Å². The first kappa shape index (κ1) is 48.9. The summed E-state index contributed by atoms with van der Waals surface area (Å²) < 4.78 is 10.5. The van der Waals surface area contributed by atoms with Crippen molar-refractivity contribution in [3.05, 3.63) is 0 Å². The molecule has 0 spiro atoms. The van der Waals surface area contributed by atoms with Crippen molar-refractivity contribution in [2.24, 2.45) is 0 Å². The lowest BCUT2D eigenvalue weighted by Crippen LogP contribution is -2.28. The molecule has 1 unspecified atom stereocenters. The minimum atomic E-state index is -0.760. The van der Waals surface area contributed by atoms with E-state index in [1.807, 2.05) is 0 Å². The number of esters is 2. The zero-order valence-electron chi connectivity index (χ0n) is 33.9. The van der Waals surface area contributed by atoms with Gasteiger partial charge in [0, 0.05) is 12.8 Å². The fraction of sp³-hybridized carbons (Fsp3) is 0.956. The zero-order valence-corrected chi connectivity index (χ0v) is 33.9. The fourth-order valence-corrected chi connectivity index (χ4v) is 6.97. The lowest BCUT2D eigenvalue weighted by atomic mass is 10.0. The topological polar surface area (TPSA) is 72.8 Å². The van der Waals surface area contributed by atoms with Gasteiger partial charge >= 0.3 is 11.9 Å². The number of ether oxygens (including phenoxy) is 2. The van der Waals surface area contributed by atoms with Crippen molar-refractivity contribution in [1.82, 2.24) is 0 Å². The molecule has 0 radical (unpaired) electrons. The van der Waals surface area contributed by atoms with Gasteiger partial charge in [0.25, 0.3) is 0 Å². The van der Waals surface area contributed by atoms with Crippen LogP contribution in [0.3, 0.4) is 0 Å². The molecule has 0 aliphatic carbocycles. The number of hydrogen-bond acceptors (Lipinski definition) is 5. The molecule has 0 saturated heterocycles. The molecule has 5 nitrogen and oxygen atoms in total. The van der Waals surface area contributed by atoms with E-state index in [1.165, 1.54) is 193 Å². The predicted molar refractivity (Wildman–Crippen MR) is 215 cm³/mol. The molecule has 0 heterocycles. The number of rotatable bonds is 42. The van der Waals surface area contributed by atoms with Gasteiger partial charge in [0.1, 0.15) is 6.61 Å². The highest BCUT2D eigenvalue weighted by Crippen LogP contribution is 2.17. The third-order valence-electron chi connectivity index (χ3n) is 10.4. The maximum absolute atomic E-state index is 12.1. The number of carbonyl (C=O) groups excluding carboxylic acids is 2. The Morgan fingerprint density at radius 2 is 0.620 bits per heavy atom. The van der Waals surface area contributed by atoms with Gasteiger partial charge in [-0.1, -0.05) is 232 Å². The van der Waals surface area contributed by atoms with Crippen molar-refractivity contribution in [1.29, 1.82) is 0 Å². The van der Waals surface area contributed by atoms with Crippen LogP contribution >= 0.6 is 0 Å². The van der Waals surface area contributed by atoms with Crippen LogP contribution in [0.2, 0.25) is 0 Å². The number of unbranched alkanes of at least 4 members (excludes halogenated alkanes) is 34. The number of aliphatic hydroxyl groups is 1. The lowest BCUT2D eigenvalue weighted by Gasteiger charge is -2.15. The van der Waals surface area contributed by atoms with Crippen LogP contribution in [0.25, 0.3) is 0 Å². The number of hydrogen-bond donors (Lipinski definition) is 1. The molecular formula is C45H88O5. The van der Waals surface area contributed by atoms with Gasteiger partial charge in [0.05, 0.1) is 6.61 Å². The second-order valence-electron chi connectivity index (χ2n) is 15.5. The van der Waals surface area contributed by atoms with Gasteiger partial charge in [-0.15, -0.1) is 0 Å². The Hall–Kier alpha value is -1.10. The largest absolute Gasteiger partial charge is 0.462 e. The van der Waals surface area contributed by atoms with Gasteiger partial charge in [-0.05, 0) is 12.8 Å². The van der Waals surface area contributed by atoms with Gasteiger partial charge in [-0.3, -0.25) is 9.59 Å². The molecule has 298 valence electrons. The average molecular weight is 709 g/mol. The van der Waals surface area contributed by atoms with Crippen molar-refractivity contribution in [2.45, 2.75) is 264 Å². The predicted octanol–water partition coefficient (Wildman–Crippen LogP) is 14.3. The number of carbonyl (C=O) groups is 2. The molecule has 0 aromatic rings. The van der Waals surface area contributed by atoms with E-state index in [0.29, 0.717) is 12.8 Å². The van der Waals surface area contributed by atoms with E-state index in [0.717, 1.165) is 38.5 Å². The van der Waals surface area contributed by atoms with Crippen LogP contribution in [0, 0.1) is 0 Å². The molecule has 1 N–H and O–H groups in total. The molecule has 0 bridgehead atoms. The Kier molecular flexibility index (Phi) is 41.4. The van der Waals surface area contributed by atoms with E-state index < -0.39 is 6.10 Å². The Balaban J connectivity index is 3.31. The molecule has 0 saturated carbocycles. The summed E-state index contributed by atoms with van der Waals surface area (Å²) in [4.78, 5) is 24.0. The minimum absolute atomic E-state index is 0.0590. The molecule has 0 rings (SSSR count). The standard InChI is InChI=1S/C45H88O5/c1-3-5-7-9-11-12-13-14-15-16-17-18-19-20-21-22-23-24-25-26-27-28-29-30-31-32-33-34-36-38-40-45(48)50-43(41-46)42-49-44(47)39-37-35-10-8-6-4-2/h43,46H,3-42H2,1-2H3. The molecule has 0 fully saturated rings. The van der Waals surface area contributed by atoms with E-state index in [9.17, 15) is 14.7 Å². The van der Waals surface area contributed by atoms with Crippen molar-refractivity contribution in [2.75, 3.05) is 13.2 Å². The molecule has 1 atom stereocenters. The van der Waals surface area contributed by atoms with Crippen LogP contribution in [-0.4, -0.2) is 36.4 Å². The molecule has 0 aliphatic heterocycles. The van der Waals surface area contributed by atoms with Crippen molar-refractivity contribution < 1.29 is 24.2 Å². The third-order valence-corrected chi connectivity index (χ3v) is 10.4. The van der Waals surface area contributed by atoms with E-state index >= 15 is 0 Å². The smallest absolute Gasteiger partial charge is 0.306 e. The summed E-state index contributed by atoms with van der Waals surface area (Å²) in [5, 5.41) is 9.50. The molecule has 0 aromatic heterocycles. The Morgan fingerprint density at radius 3 is 0.880 bits per heavy atom. The summed E-state index contributed by atoms with van der Waals surface area (Å²) in [6.45, 7) is 4.10. The van der Waals surface area contributed by atoms with Crippen LogP contribution in [0.15, 0.2) is 0 Å². The summed E-state index contributed by atoms with van der Waals surface area (Å²) in [6.07, 6.45) is 48.1. The highest BCUT2D eigenvalue weighted by atomic mass is 16.6. The van der Waals surface area contributed by atoms with Gasteiger partial charge in [-0.2, -0.15) is 0 Å². The fourth-order valence-electron chi connectivity index (χ4n) is 6.97. The SMILES string of the molecule is CCCCCCCCCCCCCCCCCCCCCCCCCCCCCCCCC(=O)OC(CO)COC(=O)CCCCCCCC. The second-order valence-corrected chi connectivity index (χ2v) is 15.5. The summed E-state index contributed by atoms with van der Waals surface area (Å²) in [5.41, 5.74) is 0. The van der Waals surface area contributed by atoms with Gasteiger partial charge in [0.15, 0.2) is 6.10 Å². The van der Waals surface area contributed by atoms with Crippen LogP contribution in [-0.2, 0) is 19.1 Å². The van der Waals surface area contributed by atoms with Crippen molar-refractivity contribution in [3.8, 4) is 0 Å². The molecular weight excluding hydrogens is 620 g/mol. The summed E-state index contributed by atoms with van der Waals surface area (Å²) in [6, 6.07) is 0. The molecule has 50 heavy (non-hydrogen) atoms. The summed E-state index contributed by atoms with van der Waals surface area (Å²) >= 11 is 0. The lowest BCUT2D eigenvalue weighted by molar-refractivity contribution is -0.161.